The number of ketones is 2. The van der Waals surface area contributed by atoms with E-state index >= 15 is 4.79 Å². The first kappa shape index (κ1) is 31.7. The van der Waals surface area contributed by atoms with E-state index in [1.165, 1.54) is 11.0 Å². The Labute approximate surface area is 290 Å². The predicted octanol–water partition coefficient (Wildman–Crippen LogP) is 6.47. The molecule has 4 aliphatic rings. The fraction of sp³-hybridized carbons (Fsp3) is 0.256. The normalized spacial score (nSPS) is 27.3. The van der Waals surface area contributed by atoms with Gasteiger partial charge in [0, 0.05) is 24.0 Å². The highest BCUT2D eigenvalue weighted by atomic mass is 16.3. The molecule has 2 fully saturated rings. The van der Waals surface area contributed by atoms with Crippen LogP contribution in [-0.4, -0.2) is 45.0 Å². The molecule has 50 heavy (non-hydrogen) atoms. The lowest BCUT2D eigenvalue weighted by molar-refractivity contribution is -0.140. The number of phenols is 2. The molecular weight excluding hydrogens is 626 g/mol. The number of likely N-dealkylation sites (tertiary alicyclic amines) is 1. The van der Waals surface area contributed by atoms with E-state index in [4.69, 9.17) is 0 Å². The van der Waals surface area contributed by atoms with Crippen LogP contribution in [0.15, 0.2) is 121 Å². The van der Waals surface area contributed by atoms with E-state index in [0.29, 0.717) is 29.5 Å². The largest absolute Gasteiger partial charge is 0.508 e. The van der Waals surface area contributed by atoms with E-state index < -0.39 is 35.0 Å². The average Bonchev–Trinajstić information content (AvgIpc) is 3.38. The number of allylic oxidation sites excluding steroid dienone is 4. The number of carbonyl (C=O) groups excluding carboxylic acids is 4. The highest BCUT2D eigenvalue weighted by Gasteiger charge is 2.65. The molecule has 0 aromatic heterocycles. The number of aryl methyl sites for hydroxylation is 1. The molecule has 6 atom stereocenters. The third-order valence-electron chi connectivity index (χ3n) is 11.6. The van der Waals surface area contributed by atoms with Crippen molar-refractivity contribution in [3.8, 4) is 11.5 Å². The molecule has 4 aromatic rings. The van der Waals surface area contributed by atoms with Crippen LogP contribution in [-0.2, 0) is 31.0 Å². The zero-order valence-corrected chi connectivity index (χ0v) is 27.7. The summed E-state index contributed by atoms with van der Waals surface area (Å²) in [4.78, 5) is 59.8. The second-order valence-electron chi connectivity index (χ2n) is 14.1. The van der Waals surface area contributed by atoms with Gasteiger partial charge < -0.3 is 10.2 Å². The Hall–Kier alpha value is -5.56. The number of hydrogen-bond donors (Lipinski definition) is 2. The molecule has 2 N–H and O–H groups in total. The van der Waals surface area contributed by atoms with Crippen molar-refractivity contribution in [2.45, 2.75) is 37.5 Å². The second-order valence-corrected chi connectivity index (χ2v) is 14.1. The van der Waals surface area contributed by atoms with E-state index in [9.17, 15) is 24.6 Å². The van der Waals surface area contributed by atoms with Gasteiger partial charge in [-0.15, -0.1) is 0 Å². The van der Waals surface area contributed by atoms with E-state index in [2.05, 4.69) is 6.08 Å². The van der Waals surface area contributed by atoms with E-state index in [1.807, 2.05) is 79.7 Å². The molecule has 0 unspecified atom stereocenters. The lowest BCUT2D eigenvalue weighted by atomic mass is 9.44. The second kappa shape index (κ2) is 12.1. The number of benzene rings is 4. The number of fused-ring (bicyclic) bond motifs is 4. The summed E-state index contributed by atoms with van der Waals surface area (Å²) >= 11 is 0. The fourth-order valence-electron chi connectivity index (χ4n) is 9.30. The smallest absolute Gasteiger partial charge is 0.233 e. The maximum atomic E-state index is 15.1. The lowest BCUT2D eigenvalue weighted by Crippen LogP contribution is -2.58. The number of phenolic OH excluding ortho intramolecular Hbond substituents is 2. The Morgan fingerprint density at radius 1 is 0.800 bits per heavy atom. The first-order valence-corrected chi connectivity index (χ1v) is 17.2. The molecule has 3 aliphatic carbocycles. The van der Waals surface area contributed by atoms with Gasteiger partial charge in [0.2, 0.25) is 11.8 Å². The van der Waals surface area contributed by atoms with Crippen LogP contribution in [0.5, 0.6) is 11.5 Å². The van der Waals surface area contributed by atoms with Crippen LogP contribution < -0.4 is 0 Å². The molecule has 1 saturated carbocycles. The Bertz CT molecular complexity index is 2100. The summed E-state index contributed by atoms with van der Waals surface area (Å²) in [5.41, 5.74) is 3.67. The third kappa shape index (κ3) is 4.78. The van der Waals surface area contributed by atoms with Gasteiger partial charge in [0.1, 0.15) is 11.5 Å². The van der Waals surface area contributed by atoms with Crippen molar-refractivity contribution in [2.24, 2.45) is 23.7 Å². The van der Waals surface area contributed by atoms with E-state index in [1.54, 1.807) is 30.3 Å². The molecular formula is C43H37NO6. The van der Waals surface area contributed by atoms with Gasteiger partial charge in [-0.05, 0) is 84.2 Å². The van der Waals surface area contributed by atoms with Gasteiger partial charge >= 0.3 is 0 Å². The number of aromatic hydroxyl groups is 2. The molecule has 7 heteroatoms. The molecule has 1 aliphatic heterocycles. The SMILES string of the molecule is Cc1cc([C@H]2C3=CC[C@@H]4C(=O)N(CCc5ccc(O)cc5)C(=O)[C@@H]4[C@@H]3C[C@H]3C(=O)C(c4ccccc4)=CC(=O)[C@@]23c2ccccc2)ccc1O. The Morgan fingerprint density at radius 3 is 2.20 bits per heavy atom. The molecule has 250 valence electrons. The van der Waals surface area contributed by atoms with Gasteiger partial charge in [-0.3, -0.25) is 24.1 Å². The zero-order valence-electron chi connectivity index (χ0n) is 27.7. The van der Waals surface area contributed by atoms with Crippen LogP contribution in [0.4, 0.5) is 0 Å². The van der Waals surface area contributed by atoms with Gasteiger partial charge in [0.05, 0.1) is 17.3 Å². The summed E-state index contributed by atoms with van der Waals surface area (Å²) in [6.07, 6.45) is 4.63. The van der Waals surface area contributed by atoms with Crippen LogP contribution in [0, 0.1) is 30.6 Å². The van der Waals surface area contributed by atoms with Gasteiger partial charge in [0.15, 0.2) is 11.6 Å². The van der Waals surface area contributed by atoms with Gasteiger partial charge in [-0.1, -0.05) is 96.6 Å². The quantitative estimate of drug-likeness (QED) is 0.181. The Kier molecular flexibility index (Phi) is 7.66. The van der Waals surface area contributed by atoms with Crippen molar-refractivity contribution < 1.29 is 29.4 Å². The van der Waals surface area contributed by atoms with Crippen LogP contribution in [0.3, 0.4) is 0 Å². The summed E-state index contributed by atoms with van der Waals surface area (Å²) in [5.74, 6) is -3.59. The van der Waals surface area contributed by atoms with Crippen molar-refractivity contribution in [1.29, 1.82) is 0 Å². The topological polar surface area (TPSA) is 112 Å². The van der Waals surface area contributed by atoms with E-state index in [-0.39, 0.29) is 47.8 Å². The van der Waals surface area contributed by atoms with Crippen LogP contribution in [0.1, 0.15) is 46.6 Å². The lowest BCUT2D eigenvalue weighted by Gasteiger charge is -2.55. The van der Waals surface area contributed by atoms with Crippen molar-refractivity contribution in [2.75, 3.05) is 6.54 Å². The fourth-order valence-corrected chi connectivity index (χ4v) is 9.30. The maximum absolute atomic E-state index is 15.1. The standard InChI is InChI=1S/C43H37NO6/c1-25-22-28(14-19-36(25)46)39-31-17-18-32-38(42(50)44(41(32)49)21-20-26-12-15-30(45)16-13-26)34(31)23-35-40(48)33(27-8-4-2-5-9-27)24-37(47)43(35,39)29-10-6-3-7-11-29/h2-17,19,22,24,32,34-35,38-39,45-46H,18,20-21,23H2,1H3/t32-,34+,35-,38-,39-,43-/m0/s1. The molecule has 8 rings (SSSR count). The van der Waals surface area contributed by atoms with Crippen molar-refractivity contribution in [3.05, 3.63) is 149 Å². The third-order valence-corrected chi connectivity index (χ3v) is 11.6. The molecule has 2 amide bonds. The Balaban J connectivity index is 1.28. The highest BCUT2D eigenvalue weighted by Crippen LogP contribution is 2.63. The number of Topliss-reactive ketones (excluding diaryl/α,β-unsaturated/α-hetero) is 1. The van der Waals surface area contributed by atoms with Gasteiger partial charge in [-0.25, -0.2) is 0 Å². The summed E-state index contributed by atoms with van der Waals surface area (Å²) in [7, 11) is 0. The maximum Gasteiger partial charge on any atom is 0.233 e. The van der Waals surface area contributed by atoms with Crippen molar-refractivity contribution in [3.63, 3.8) is 0 Å². The monoisotopic (exact) mass is 663 g/mol. The summed E-state index contributed by atoms with van der Waals surface area (Å²) in [6, 6.07) is 30.8. The predicted molar refractivity (Wildman–Crippen MR) is 188 cm³/mol. The molecule has 0 bridgehead atoms. The summed E-state index contributed by atoms with van der Waals surface area (Å²) < 4.78 is 0. The molecule has 7 nitrogen and oxygen atoms in total. The number of rotatable bonds is 6. The molecule has 0 spiro atoms. The Morgan fingerprint density at radius 2 is 1.50 bits per heavy atom. The van der Waals surface area contributed by atoms with Crippen LogP contribution in [0.25, 0.3) is 5.57 Å². The summed E-state index contributed by atoms with van der Waals surface area (Å²) in [5, 5.41) is 20.3. The number of amides is 2. The minimum absolute atomic E-state index is 0.127. The van der Waals surface area contributed by atoms with Crippen LogP contribution in [0.2, 0.25) is 0 Å². The van der Waals surface area contributed by atoms with Crippen molar-refractivity contribution >= 4 is 29.0 Å². The first-order chi connectivity index (χ1) is 24.2. The number of hydrogen-bond acceptors (Lipinski definition) is 6. The number of carbonyl (C=O) groups is 4. The van der Waals surface area contributed by atoms with Crippen molar-refractivity contribution in [1.82, 2.24) is 4.90 Å². The van der Waals surface area contributed by atoms with Gasteiger partial charge in [0.25, 0.3) is 0 Å². The molecule has 4 aromatic carbocycles. The molecule has 1 saturated heterocycles. The number of nitrogens with zero attached hydrogens (tertiary/aromatic N) is 1. The van der Waals surface area contributed by atoms with Gasteiger partial charge in [-0.2, -0.15) is 0 Å². The van der Waals surface area contributed by atoms with Crippen LogP contribution >= 0.6 is 0 Å². The zero-order chi connectivity index (χ0) is 34.7. The highest BCUT2D eigenvalue weighted by molar-refractivity contribution is 6.31. The minimum atomic E-state index is -1.31. The molecule has 0 radical (unpaired) electrons. The number of imide groups is 1. The molecule has 1 heterocycles. The first-order valence-electron chi connectivity index (χ1n) is 17.2. The van der Waals surface area contributed by atoms with E-state index in [0.717, 1.165) is 22.3 Å². The minimum Gasteiger partial charge on any atom is -0.508 e. The average molecular weight is 664 g/mol. The summed E-state index contributed by atoms with van der Waals surface area (Å²) in [6.45, 7) is 2.03.